The van der Waals surface area contributed by atoms with Gasteiger partial charge in [0.1, 0.15) is 0 Å². The van der Waals surface area contributed by atoms with Crippen LogP contribution < -0.4 is 0 Å². The van der Waals surface area contributed by atoms with Crippen molar-refractivity contribution >= 4 is 5.97 Å². The molecule has 0 spiro atoms. The summed E-state index contributed by atoms with van der Waals surface area (Å²) in [6, 6.07) is 0.533. The van der Waals surface area contributed by atoms with Crippen LogP contribution in [0.2, 0.25) is 0 Å². The van der Waals surface area contributed by atoms with E-state index >= 15 is 0 Å². The standard InChI is InChI=1S/C9H17NO2/c1-2-10-7-3-4-8(10)5-6-9(11)12/h8H,2-7H2,1H3,(H,11,12). The molecule has 0 amide bonds. The van der Waals surface area contributed by atoms with Gasteiger partial charge in [0, 0.05) is 12.5 Å². The Balaban J connectivity index is 2.26. The minimum atomic E-state index is -0.669. The molecule has 1 saturated heterocycles. The molecule has 1 aliphatic heterocycles. The molecule has 0 radical (unpaired) electrons. The number of nitrogens with zero attached hydrogens (tertiary/aromatic N) is 1. The average molecular weight is 171 g/mol. The van der Waals surface area contributed by atoms with E-state index in [1.807, 2.05) is 0 Å². The molecule has 3 nitrogen and oxygen atoms in total. The number of rotatable bonds is 4. The minimum Gasteiger partial charge on any atom is -0.481 e. The summed E-state index contributed by atoms with van der Waals surface area (Å²) < 4.78 is 0. The molecule has 1 heterocycles. The van der Waals surface area contributed by atoms with E-state index in [0.29, 0.717) is 12.5 Å². The first kappa shape index (κ1) is 9.52. The third kappa shape index (κ3) is 2.48. The summed E-state index contributed by atoms with van der Waals surface area (Å²) >= 11 is 0. The van der Waals surface area contributed by atoms with Gasteiger partial charge in [-0.1, -0.05) is 6.92 Å². The van der Waals surface area contributed by atoms with E-state index in [1.54, 1.807) is 0 Å². The molecule has 1 unspecified atom stereocenters. The highest BCUT2D eigenvalue weighted by molar-refractivity contribution is 5.66. The average Bonchev–Trinajstić information content (AvgIpc) is 2.47. The van der Waals surface area contributed by atoms with Crippen molar-refractivity contribution in [1.82, 2.24) is 4.90 Å². The van der Waals surface area contributed by atoms with Gasteiger partial charge >= 0.3 is 5.97 Å². The summed E-state index contributed by atoms with van der Waals surface area (Å²) in [7, 11) is 0. The maximum Gasteiger partial charge on any atom is 0.303 e. The van der Waals surface area contributed by atoms with Gasteiger partial charge in [-0.25, -0.2) is 0 Å². The normalized spacial score (nSPS) is 24.6. The van der Waals surface area contributed by atoms with Gasteiger partial charge in [-0.2, -0.15) is 0 Å². The molecule has 0 bridgehead atoms. The number of carboxylic acids is 1. The molecular weight excluding hydrogens is 154 g/mol. The first-order valence-corrected chi connectivity index (χ1v) is 4.70. The lowest BCUT2D eigenvalue weighted by atomic mass is 10.1. The molecular formula is C9H17NO2. The molecule has 0 aromatic heterocycles. The third-order valence-electron chi connectivity index (χ3n) is 2.60. The highest BCUT2D eigenvalue weighted by atomic mass is 16.4. The van der Waals surface area contributed by atoms with Crippen LogP contribution in [0.15, 0.2) is 0 Å². The van der Waals surface area contributed by atoms with Gasteiger partial charge in [-0.05, 0) is 32.4 Å². The monoisotopic (exact) mass is 171 g/mol. The van der Waals surface area contributed by atoms with E-state index in [4.69, 9.17) is 5.11 Å². The topological polar surface area (TPSA) is 40.5 Å². The van der Waals surface area contributed by atoms with E-state index in [0.717, 1.165) is 19.5 Å². The smallest absolute Gasteiger partial charge is 0.303 e. The van der Waals surface area contributed by atoms with Crippen molar-refractivity contribution in [2.24, 2.45) is 0 Å². The lowest BCUT2D eigenvalue weighted by Crippen LogP contribution is -2.29. The van der Waals surface area contributed by atoms with Gasteiger partial charge in [0.05, 0.1) is 0 Å². The second-order valence-electron chi connectivity index (χ2n) is 3.36. The number of carbonyl (C=O) groups is 1. The molecule has 1 N–H and O–H groups in total. The fourth-order valence-corrected chi connectivity index (χ4v) is 1.93. The second-order valence-corrected chi connectivity index (χ2v) is 3.36. The fourth-order valence-electron chi connectivity index (χ4n) is 1.93. The highest BCUT2D eigenvalue weighted by Gasteiger charge is 2.22. The van der Waals surface area contributed by atoms with Crippen LogP contribution in [0.1, 0.15) is 32.6 Å². The zero-order valence-electron chi connectivity index (χ0n) is 7.62. The molecule has 0 saturated carbocycles. The van der Waals surface area contributed by atoms with E-state index in [9.17, 15) is 4.79 Å². The van der Waals surface area contributed by atoms with Crippen LogP contribution in [0.4, 0.5) is 0 Å². The van der Waals surface area contributed by atoms with Crippen molar-refractivity contribution in [3.05, 3.63) is 0 Å². The minimum absolute atomic E-state index is 0.321. The molecule has 0 aromatic carbocycles. The molecule has 3 heteroatoms. The molecule has 0 aromatic rings. The molecule has 0 aliphatic carbocycles. The Morgan fingerprint density at radius 3 is 3.00 bits per heavy atom. The summed E-state index contributed by atoms with van der Waals surface area (Å²) in [6.07, 6.45) is 3.56. The van der Waals surface area contributed by atoms with Crippen LogP contribution in [0, 0.1) is 0 Å². The largest absolute Gasteiger partial charge is 0.481 e. The van der Waals surface area contributed by atoms with Gasteiger partial charge in [-0.15, -0.1) is 0 Å². The summed E-state index contributed by atoms with van der Waals surface area (Å²) in [5, 5.41) is 8.51. The second kappa shape index (κ2) is 4.45. The van der Waals surface area contributed by atoms with Crippen LogP contribution >= 0.6 is 0 Å². The summed E-state index contributed by atoms with van der Waals surface area (Å²) in [5.74, 6) is -0.669. The van der Waals surface area contributed by atoms with E-state index in [-0.39, 0.29) is 0 Å². The van der Waals surface area contributed by atoms with E-state index < -0.39 is 5.97 Å². The van der Waals surface area contributed by atoms with E-state index in [1.165, 1.54) is 12.8 Å². The van der Waals surface area contributed by atoms with Crippen molar-refractivity contribution in [1.29, 1.82) is 0 Å². The van der Waals surface area contributed by atoms with Crippen LogP contribution in [-0.4, -0.2) is 35.1 Å². The van der Waals surface area contributed by atoms with Crippen molar-refractivity contribution in [2.75, 3.05) is 13.1 Å². The summed E-state index contributed by atoms with van der Waals surface area (Å²) in [6.45, 7) is 4.35. The van der Waals surface area contributed by atoms with Crippen LogP contribution in [0.5, 0.6) is 0 Å². The highest BCUT2D eigenvalue weighted by Crippen LogP contribution is 2.20. The van der Waals surface area contributed by atoms with Crippen LogP contribution in [-0.2, 0) is 4.79 Å². The zero-order chi connectivity index (χ0) is 8.97. The van der Waals surface area contributed by atoms with Gasteiger partial charge in [0.2, 0.25) is 0 Å². The Kier molecular flexibility index (Phi) is 3.53. The quantitative estimate of drug-likeness (QED) is 0.693. The maximum atomic E-state index is 10.3. The van der Waals surface area contributed by atoms with Gasteiger partial charge in [0.15, 0.2) is 0 Å². The summed E-state index contributed by atoms with van der Waals surface area (Å²) in [4.78, 5) is 12.7. The van der Waals surface area contributed by atoms with E-state index in [2.05, 4.69) is 11.8 Å². The first-order valence-electron chi connectivity index (χ1n) is 4.70. The summed E-state index contributed by atoms with van der Waals surface area (Å²) in [5.41, 5.74) is 0. The first-order chi connectivity index (χ1) is 5.74. The van der Waals surface area contributed by atoms with Gasteiger partial charge < -0.3 is 10.0 Å². The lowest BCUT2D eigenvalue weighted by Gasteiger charge is -2.21. The number of aliphatic carboxylic acids is 1. The van der Waals surface area contributed by atoms with Crippen molar-refractivity contribution in [2.45, 2.75) is 38.6 Å². The number of hydrogen-bond donors (Lipinski definition) is 1. The predicted molar refractivity (Wildman–Crippen MR) is 47.1 cm³/mol. The Bertz CT molecular complexity index is 159. The fraction of sp³-hybridized carbons (Fsp3) is 0.889. The van der Waals surface area contributed by atoms with Gasteiger partial charge in [0.25, 0.3) is 0 Å². The lowest BCUT2D eigenvalue weighted by molar-refractivity contribution is -0.137. The number of likely N-dealkylation sites (tertiary alicyclic amines) is 1. The Hall–Kier alpha value is -0.570. The van der Waals surface area contributed by atoms with Crippen LogP contribution in [0.25, 0.3) is 0 Å². The SMILES string of the molecule is CCN1CCCC1CCC(=O)O. The molecule has 1 atom stereocenters. The van der Waals surface area contributed by atoms with Crippen LogP contribution in [0.3, 0.4) is 0 Å². The Morgan fingerprint density at radius 1 is 1.67 bits per heavy atom. The molecule has 70 valence electrons. The molecule has 1 fully saturated rings. The van der Waals surface area contributed by atoms with Crippen molar-refractivity contribution in [3.8, 4) is 0 Å². The molecule has 1 rings (SSSR count). The Labute approximate surface area is 73.4 Å². The number of carboxylic acid groups (broad SMARTS) is 1. The predicted octanol–water partition coefficient (Wildman–Crippen LogP) is 1.34. The molecule has 1 aliphatic rings. The van der Waals surface area contributed by atoms with Gasteiger partial charge in [-0.3, -0.25) is 4.79 Å². The zero-order valence-corrected chi connectivity index (χ0v) is 7.62. The van der Waals surface area contributed by atoms with Crippen molar-refractivity contribution in [3.63, 3.8) is 0 Å². The number of hydrogen-bond acceptors (Lipinski definition) is 2. The maximum absolute atomic E-state index is 10.3. The van der Waals surface area contributed by atoms with Crippen molar-refractivity contribution < 1.29 is 9.90 Å². The molecule has 12 heavy (non-hydrogen) atoms. The Morgan fingerprint density at radius 2 is 2.42 bits per heavy atom. The third-order valence-corrected chi connectivity index (χ3v) is 2.60.